The molecule has 1 rings (SSSR count). The van der Waals surface area contributed by atoms with E-state index >= 15 is 0 Å². The van der Waals surface area contributed by atoms with Crippen molar-refractivity contribution in [2.24, 2.45) is 0 Å². The van der Waals surface area contributed by atoms with Gasteiger partial charge in [0, 0.05) is 5.02 Å². The van der Waals surface area contributed by atoms with Crippen LogP contribution in [0.15, 0.2) is 24.3 Å². The Morgan fingerprint density at radius 3 is 2.19 bits per heavy atom. The van der Waals surface area contributed by atoms with Crippen molar-refractivity contribution in [3.8, 4) is 0 Å². The van der Waals surface area contributed by atoms with E-state index in [0.717, 1.165) is 0 Å². The Hall–Kier alpha value is -1.23. The van der Waals surface area contributed by atoms with Gasteiger partial charge in [-0.15, -0.1) is 0 Å². The quantitative estimate of drug-likeness (QED) is 0.894. The normalized spacial score (nSPS) is 13.5. The molecule has 0 bridgehead atoms. The van der Waals surface area contributed by atoms with Crippen molar-refractivity contribution in [2.45, 2.75) is 18.5 Å². The van der Waals surface area contributed by atoms with Gasteiger partial charge in [0.25, 0.3) is 0 Å². The number of hydrogen-bond acceptors (Lipinski definition) is 1. The van der Waals surface area contributed by atoms with E-state index in [9.17, 15) is 18.0 Å². The minimum atomic E-state index is -4.51. The Morgan fingerprint density at radius 1 is 1.31 bits per heavy atom. The number of hydrogen-bond donors (Lipinski definition) is 1. The molecule has 0 spiro atoms. The number of alkyl halides is 3. The Morgan fingerprint density at radius 2 is 1.81 bits per heavy atom. The molecule has 0 aliphatic carbocycles. The van der Waals surface area contributed by atoms with Gasteiger partial charge >= 0.3 is 12.1 Å². The lowest BCUT2D eigenvalue weighted by Crippen LogP contribution is -2.20. The highest BCUT2D eigenvalue weighted by Gasteiger charge is 2.36. The van der Waals surface area contributed by atoms with Crippen molar-refractivity contribution >= 4 is 17.6 Å². The van der Waals surface area contributed by atoms with Gasteiger partial charge in [-0.3, -0.25) is 4.79 Å². The molecule has 6 heteroatoms. The van der Waals surface area contributed by atoms with E-state index in [0.29, 0.717) is 5.02 Å². The minimum Gasteiger partial charge on any atom is -0.481 e. The summed E-state index contributed by atoms with van der Waals surface area (Å²) in [5.74, 6) is -3.09. The third-order valence-electron chi connectivity index (χ3n) is 2.01. The molecule has 0 unspecified atom stereocenters. The van der Waals surface area contributed by atoms with Crippen LogP contribution in [0.5, 0.6) is 0 Å². The van der Waals surface area contributed by atoms with Crippen LogP contribution >= 0.6 is 11.6 Å². The van der Waals surface area contributed by atoms with Crippen LogP contribution in [0.2, 0.25) is 5.02 Å². The summed E-state index contributed by atoms with van der Waals surface area (Å²) in [6.45, 7) is 0. The molecule has 0 amide bonds. The summed E-state index contributed by atoms with van der Waals surface area (Å²) in [6.07, 6.45) is -5.90. The molecular weight excluding hydrogens is 245 g/mol. The van der Waals surface area contributed by atoms with Crippen LogP contribution in [-0.2, 0) is 4.79 Å². The maximum atomic E-state index is 12.1. The number of halogens is 4. The maximum Gasteiger partial charge on any atom is 0.390 e. The second kappa shape index (κ2) is 4.74. The van der Waals surface area contributed by atoms with Gasteiger partial charge in [-0.05, 0) is 17.7 Å². The van der Waals surface area contributed by atoms with E-state index in [1.807, 2.05) is 0 Å². The van der Waals surface area contributed by atoms with E-state index < -0.39 is 24.5 Å². The molecule has 0 fully saturated rings. The molecular formula is C10H8ClF3O2. The summed E-state index contributed by atoms with van der Waals surface area (Å²) < 4.78 is 36.4. The van der Waals surface area contributed by atoms with Gasteiger partial charge < -0.3 is 5.11 Å². The fourth-order valence-corrected chi connectivity index (χ4v) is 1.40. The lowest BCUT2D eigenvalue weighted by molar-refractivity contribution is -0.157. The summed E-state index contributed by atoms with van der Waals surface area (Å²) in [7, 11) is 0. The summed E-state index contributed by atoms with van der Waals surface area (Å²) >= 11 is 5.56. The van der Waals surface area contributed by atoms with Crippen molar-refractivity contribution in [2.75, 3.05) is 0 Å². The number of carboxylic acid groups (broad SMARTS) is 1. The fourth-order valence-electron chi connectivity index (χ4n) is 1.27. The first-order valence-electron chi connectivity index (χ1n) is 4.34. The van der Waals surface area contributed by atoms with E-state index in [1.54, 1.807) is 0 Å². The molecule has 1 aromatic carbocycles. The third-order valence-corrected chi connectivity index (χ3v) is 2.26. The van der Waals surface area contributed by atoms with Gasteiger partial charge in [-0.25, -0.2) is 0 Å². The SMILES string of the molecule is O=C(O)[C@H](CC(F)(F)F)c1ccc(Cl)cc1. The number of rotatable bonds is 3. The largest absolute Gasteiger partial charge is 0.481 e. The Bertz CT molecular complexity index is 373. The zero-order valence-electron chi connectivity index (χ0n) is 7.96. The first-order chi connectivity index (χ1) is 7.29. The van der Waals surface area contributed by atoms with Crippen molar-refractivity contribution in [3.05, 3.63) is 34.9 Å². The van der Waals surface area contributed by atoms with Gasteiger partial charge in [0.1, 0.15) is 0 Å². The first-order valence-corrected chi connectivity index (χ1v) is 4.72. The lowest BCUT2D eigenvalue weighted by atomic mass is 9.96. The number of carboxylic acids is 1. The summed E-state index contributed by atoms with van der Waals surface area (Å²) in [4.78, 5) is 10.7. The Labute approximate surface area is 94.6 Å². The maximum absolute atomic E-state index is 12.1. The Balaban J connectivity index is 2.94. The molecule has 16 heavy (non-hydrogen) atoms. The molecule has 0 saturated heterocycles. The van der Waals surface area contributed by atoms with E-state index in [2.05, 4.69) is 0 Å². The lowest BCUT2D eigenvalue weighted by Gasteiger charge is -2.14. The van der Waals surface area contributed by atoms with Gasteiger partial charge in [0.2, 0.25) is 0 Å². The van der Waals surface area contributed by atoms with Crippen molar-refractivity contribution in [3.63, 3.8) is 0 Å². The van der Waals surface area contributed by atoms with Crippen LogP contribution in [-0.4, -0.2) is 17.3 Å². The van der Waals surface area contributed by atoms with Crippen molar-refractivity contribution < 1.29 is 23.1 Å². The van der Waals surface area contributed by atoms with Crippen LogP contribution in [0.4, 0.5) is 13.2 Å². The number of carbonyl (C=O) groups is 1. The first kappa shape index (κ1) is 12.8. The summed E-state index contributed by atoms with van der Waals surface area (Å²) in [5, 5.41) is 9.07. The second-order valence-electron chi connectivity index (χ2n) is 3.26. The smallest absolute Gasteiger partial charge is 0.390 e. The second-order valence-corrected chi connectivity index (χ2v) is 3.70. The van der Waals surface area contributed by atoms with Gasteiger partial charge in [0.15, 0.2) is 0 Å². The summed E-state index contributed by atoms with van der Waals surface area (Å²) in [5.41, 5.74) is 0.0919. The number of aliphatic carboxylic acids is 1. The van der Waals surface area contributed by atoms with Gasteiger partial charge in [0.05, 0.1) is 12.3 Å². The molecule has 0 saturated carbocycles. The average molecular weight is 253 g/mol. The minimum absolute atomic E-state index is 0.0919. The third kappa shape index (κ3) is 3.73. The molecule has 0 aliphatic rings. The van der Waals surface area contributed by atoms with E-state index in [4.69, 9.17) is 16.7 Å². The standard InChI is InChI=1S/C10H8ClF3O2/c11-7-3-1-6(2-4-7)8(9(15)16)5-10(12,13)14/h1-4,8H,5H2,(H,15,16)/t8-/m1/s1. The monoisotopic (exact) mass is 252 g/mol. The molecule has 0 aromatic heterocycles. The van der Waals surface area contributed by atoms with Crippen molar-refractivity contribution in [1.29, 1.82) is 0 Å². The van der Waals surface area contributed by atoms with Crippen molar-refractivity contribution in [1.82, 2.24) is 0 Å². The van der Waals surface area contributed by atoms with Gasteiger partial charge in [-0.1, -0.05) is 23.7 Å². The molecule has 2 nitrogen and oxygen atoms in total. The van der Waals surface area contributed by atoms with Crippen LogP contribution in [0.3, 0.4) is 0 Å². The molecule has 0 heterocycles. The molecule has 88 valence electrons. The fraction of sp³-hybridized carbons (Fsp3) is 0.300. The molecule has 1 atom stereocenters. The molecule has 0 radical (unpaired) electrons. The highest BCUT2D eigenvalue weighted by Crippen LogP contribution is 2.31. The van der Waals surface area contributed by atoms with Crippen LogP contribution < -0.4 is 0 Å². The zero-order valence-corrected chi connectivity index (χ0v) is 8.72. The molecule has 0 aliphatic heterocycles. The topological polar surface area (TPSA) is 37.3 Å². The highest BCUT2D eigenvalue weighted by atomic mass is 35.5. The Kier molecular flexibility index (Phi) is 3.80. The van der Waals surface area contributed by atoms with E-state index in [1.165, 1.54) is 24.3 Å². The molecule has 1 aromatic rings. The van der Waals surface area contributed by atoms with Crippen LogP contribution in [0, 0.1) is 0 Å². The molecule has 1 N–H and O–H groups in total. The van der Waals surface area contributed by atoms with Crippen LogP contribution in [0.1, 0.15) is 17.9 Å². The van der Waals surface area contributed by atoms with Crippen LogP contribution in [0.25, 0.3) is 0 Å². The summed E-state index contributed by atoms with van der Waals surface area (Å²) in [6, 6.07) is 5.30. The highest BCUT2D eigenvalue weighted by molar-refractivity contribution is 6.30. The predicted octanol–water partition coefficient (Wildman–Crippen LogP) is 3.46. The zero-order chi connectivity index (χ0) is 12.3. The number of benzene rings is 1. The van der Waals surface area contributed by atoms with E-state index in [-0.39, 0.29) is 5.56 Å². The predicted molar refractivity (Wildman–Crippen MR) is 52.5 cm³/mol. The van der Waals surface area contributed by atoms with Gasteiger partial charge in [-0.2, -0.15) is 13.2 Å². The average Bonchev–Trinajstić information content (AvgIpc) is 2.14.